The number of alkyl halides is 1. The molecule has 1 aromatic carbocycles. The fourth-order valence-electron chi connectivity index (χ4n) is 1.53. The smallest absolute Gasteiger partial charge is 0.115 e. The molecule has 2 rings (SSSR count). The van der Waals surface area contributed by atoms with Gasteiger partial charge in [0.1, 0.15) is 5.75 Å². The van der Waals surface area contributed by atoms with Crippen molar-refractivity contribution in [2.45, 2.75) is 10.3 Å². The first-order valence-corrected chi connectivity index (χ1v) is 6.30. The van der Waals surface area contributed by atoms with Crippen LogP contribution in [0.1, 0.15) is 12.0 Å². The second-order valence-electron chi connectivity index (χ2n) is 3.60. The zero-order chi connectivity index (χ0) is 11.5. The van der Waals surface area contributed by atoms with E-state index in [0.717, 1.165) is 29.1 Å². The molecule has 0 bridgehead atoms. The number of allylic oxidation sites excluding steroid dienone is 2. The summed E-state index contributed by atoms with van der Waals surface area (Å²) in [6.45, 7) is 4.00. The van der Waals surface area contributed by atoms with Crippen LogP contribution in [0.25, 0.3) is 5.70 Å². The fraction of sp³-hybridized carbons (Fsp3) is 0.231. The SMILES string of the molecule is C=C1NC(c2ccc(OC)cc2)=[C-]CC1I.[Y]. The van der Waals surface area contributed by atoms with Crippen LogP contribution in [-0.4, -0.2) is 11.0 Å². The van der Waals surface area contributed by atoms with Crippen LogP contribution in [0.2, 0.25) is 0 Å². The Labute approximate surface area is 141 Å². The van der Waals surface area contributed by atoms with Gasteiger partial charge in [0.15, 0.2) is 0 Å². The summed E-state index contributed by atoms with van der Waals surface area (Å²) in [6, 6.07) is 7.94. The molecule has 0 saturated heterocycles. The van der Waals surface area contributed by atoms with Gasteiger partial charge in [-0.2, -0.15) is 5.56 Å². The minimum atomic E-state index is 0. The van der Waals surface area contributed by atoms with Gasteiger partial charge in [-0.05, 0) is 12.1 Å². The Hall–Kier alpha value is 0.134. The Morgan fingerprint density at radius 3 is 2.59 bits per heavy atom. The van der Waals surface area contributed by atoms with Crippen LogP contribution in [0.3, 0.4) is 0 Å². The number of methoxy groups -OCH3 is 1. The molecular weight excluding hydrogens is 402 g/mol. The van der Waals surface area contributed by atoms with Gasteiger partial charge in [-0.15, -0.1) is 17.8 Å². The van der Waals surface area contributed by atoms with Crippen molar-refractivity contribution >= 4 is 28.3 Å². The molecule has 1 aliphatic rings. The van der Waals surface area contributed by atoms with E-state index in [2.05, 4.69) is 40.6 Å². The summed E-state index contributed by atoms with van der Waals surface area (Å²) in [5.41, 5.74) is 3.18. The average Bonchev–Trinajstić information content (AvgIpc) is 2.33. The van der Waals surface area contributed by atoms with Gasteiger partial charge in [0, 0.05) is 42.3 Å². The minimum absolute atomic E-state index is 0. The van der Waals surface area contributed by atoms with Crippen molar-refractivity contribution in [3.8, 4) is 5.75 Å². The fourth-order valence-corrected chi connectivity index (χ4v) is 1.91. The molecule has 1 N–H and O–H groups in total. The quantitative estimate of drug-likeness (QED) is 0.456. The number of halogens is 1. The van der Waals surface area contributed by atoms with Gasteiger partial charge < -0.3 is 10.1 Å². The van der Waals surface area contributed by atoms with Gasteiger partial charge in [0.05, 0.1) is 7.11 Å². The summed E-state index contributed by atoms with van der Waals surface area (Å²) in [7, 11) is 1.67. The maximum atomic E-state index is 5.13. The molecule has 0 fully saturated rings. The van der Waals surface area contributed by atoms with E-state index >= 15 is 0 Å². The summed E-state index contributed by atoms with van der Waals surface area (Å²) in [5, 5.41) is 3.28. The molecule has 1 unspecified atom stereocenters. The van der Waals surface area contributed by atoms with E-state index < -0.39 is 0 Å². The topological polar surface area (TPSA) is 21.3 Å². The van der Waals surface area contributed by atoms with Gasteiger partial charge in [0.25, 0.3) is 0 Å². The van der Waals surface area contributed by atoms with Crippen molar-refractivity contribution in [3.05, 3.63) is 48.2 Å². The normalized spacial score (nSPS) is 18.8. The first kappa shape index (κ1) is 15.2. The third kappa shape index (κ3) is 3.80. The second kappa shape index (κ2) is 6.90. The number of benzene rings is 1. The van der Waals surface area contributed by atoms with E-state index in [1.165, 1.54) is 0 Å². The molecular formula is C13H13INOY-. The Morgan fingerprint density at radius 2 is 2.06 bits per heavy atom. The summed E-state index contributed by atoms with van der Waals surface area (Å²) >= 11 is 2.37. The number of nitrogens with one attached hydrogen (secondary N) is 1. The molecule has 1 aliphatic heterocycles. The van der Waals surface area contributed by atoms with Gasteiger partial charge in [0.2, 0.25) is 0 Å². The predicted octanol–water partition coefficient (Wildman–Crippen LogP) is 3.15. The summed E-state index contributed by atoms with van der Waals surface area (Å²) in [5.74, 6) is 0.866. The van der Waals surface area contributed by atoms with Crippen molar-refractivity contribution in [1.29, 1.82) is 0 Å². The molecule has 0 aliphatic carbocycles. The van der Waals surface area contributed by atoms with E-state index in [-0.39, 0.29) is 32.7 Å². The summed E-state index contributed by atoms with van der Waals surface area (Å²) in [6.07, 6.45) is 4.26. The Bertz CT molecular complexity index is 428. The molecule has 0 aromatic heterocycles. The number of rotatable bonds is 2. The molecule has 17 heavy (non-hydrogen) atoms. The first-order chi connectivity index (χ1) is 7.70. The molecule has 0 saturated carbocycles. The van der Waals surface area contributed by atoms with Crippen molar-refractivity contribution in [1.82, 2.24) is 5.32 Å². The molecule has 2 nitrogen and oxygen atoms in total. The predicted molar refractivity (Wildman–Crippen MR) is 74.3 cm³/mol. The van der Waals surface area contributed by atoms with Crippen molar-refractivity contribution in [2.24, 2.45) is 0 Å². The molecule has 1 heterocycles. The van der Waals surface area contributed by atoms with Gasteiger partial charge >= 0.3 is 0 Å². The van der Waals surface area contributed by atoms with E-state index in [1.54, 1.807) is 7.11 Å². The molecule has 87 valence electrons. The zero-order valence-electron chi connectivity index (χ0n) is 9.66. The van der Waals surface area contributed by atoms with Crippen LogP contribution in [0.4, 0.5) is 0 Å². The second-order valence-corrected chi connectivity index (χ2v) is 5.11. The Morgan fingerprint density at radius 1 is 1.41 bits per heavy atom. The van der Waals surface area contributed by atoms with Crippen molar-refractivity contribution in [2.75, 3.05) is 7.11 Å². The number of hydrogen-bond acceptors (Lipinski definition) is 2. The molecule has 1 radical (unpaired) electrons. The average molecular weight is 415 g/mol. The number of ether oxygens (including phenoxy) is 1. The largest absolute Gasteiger partial charge is 0.497 e. The molecule has 0 spiro atoms. The van der Waals surface area contributed by atoms with Crippen LogP contribution >= 0.6 is 22.6 Å². The van der Waals surface area contributed by atoms with Crippen LogP contribution in [0.5, 0.6) is 5.75 Å². The van der Waals surface area contributed by atoms with E-state index in [4.69, 9.17) is 4.74 Å². The summed E-state index contributed by atoms with van der Waals surface area (Å²) in [4.78, 5) is 0. The third-order valence-electron chi connectivity index (χ3n) is 2.50. The van der Waals surface area contributed by atoms with Crippen molar-refractivity contribution < 1.29 is 37.4 Å². The molecule has 1 aromatic rings. The maximum Gasteiger partial charge on any atom is 0.115 e. The van der Waals surface area contributed by atoms with E-state index in [0.29, 0.717) is 3.92 Å². The molecule has 0 amide bonds. The maximum absolute atomic E-state index is 5.13. The molecule has 1 atom stereocenters. The van der Waals surface area contributed by atoms with Crippen LogP contribution in [0.15, 0.2) is 36.5 Å². The van der Waals surface area contributed by atoms with E-state index in [1.807, 2.05) is 24.3 Å². The third-order valence-corrected chi connectivity index (χ3v) is 3.69. The van der Waals surface area contributed by atoms with Crippen LogP contribution in [-0.2, 0) is 32.7 Å². The summed E-state index contributed by atoms with van der Waals surface area (Å²) < 4.78 is 5.56. The van der Waals surface area contributed by atoms with E-state index in [9.17, 15) is 0 Å². The number of hydrogen-bond donors (Lipinski definition) is 1. The minimum Gasteiger partial charge on any atom is -0.497 e. The van der Waals surface area contributed by atoms with Crippen LogP contribution < -0.4 is 10.1 Å². The monoisotopic (exact) mass is 415 g/mol. The van der Waals surface area contributed by atoms with Crippen molar-refractivity contribution in [3.63, 3.8) is 0 Å². The van der Waals surface area contributed by atoms with Gasteiger partial charge in [-0.1, -0.05) is 35.6 Å². The Kier molecular flexibility index (Phi) is 6.17. The first-order valence-electron chi connectivity index (χ1n) is 5.06. The van der Waals surface area contributed by atoms with Crippen LogP contribution in [0, 0.1) is 6.08 Å². The van der Waals surface area contributed by atoms with Gasteiger partial charge in [-0.3, -0.25) is 0 Å². The standard InChI is InChI=1S/C13H13INO.Y/c1-9-12(14)7-8-13(15-9)10-3-5-11(16-2)6-4-10;/h3-6,12,15H,1,7H2,2H3;/q-1;. The Balaban J connectivity index is 0.00000144. The molecule has 4 heteroatoms. The van der Waals surface area contributed by atoms with Gasteiger partial charge in [-0.25, -0.2) is 6.08 Å². The zero-order valence-corrected chi connectivity index (χ0v) is 14.7.